The molecule has 1 aromatic carbocycles. The van der Waals surface area contributed by atoms with Gasteiger partial charge in [0.1, 0.15) is 11.6 Å². The molecule has 1 heterocycles. The summed E-state index contributed by atoms with van der Waals surface area (Å²) < 4.78 is 5.33. The van der Waals surface area contributed by atoms with Gasteiger partial charge in [-0.1, -0.05) is 24.3 Å². The fourth-order valence-electron chi connectivity index (χ4n) is 1.72. The van der Waals surface area contributed by atoms with Gasteiger partial charge in [-0.05, 0) is 25.0 Å². The van der Waals surface area contributed by atoms with E-state index in [4.69, 9.17) is 10.2 Å². The number of benzene rings is 1. The Kier molecular flexibility index (Phi) is 2.44. The van der Waals surface area contributed by atoms with Gasteiger partial charge in [0, 0.05) is 11.1 Å². The third kappa shape index (κ3) is 2.23. The van der Waals surface area contributed by atoms with Gasteiger partial charge in [0.25, 0.3) is 0 Å². The van der Waals surface area contributed by atoms with E-state index < -0.39 is 0 Å². The van der Waals surface area contributed by atoms with Crippen LogP contribution in [-0.4, -0.2) is 11.9 Å². The Bertz CT molecular complexity index is 522. The summed E-state index contributed by atoms with van der Waals surface area (Å²) in [5.74, 6) is 1.51. The summed E-state index contributed by atoms with van der Waals surface area (Å²) in [5.41, 5.74) is 7.96. The fraction of sp³-hybridized carbons (Fsp3) is 0.214. The number of furan rings is 1. The quantitative estimate of drug-likeness (QED) is 0.646. The zero-order valence-corrected chi connectivity index (χ0v) is 9.47. The number of amidine groups is 1. The summed E-state index contributed by atoms with van der Waals surface area (Å²) >= 11 is 0. The standard InChI is InChI=1S/C14H14N2O/c15-14(16-12-7-8-12)11-5-3-10(4-6-11)13-2-1-9-17-13/h1-6,9,12H,7-8H2,(H2,15,16). The van der Waals surface area contributed by atoms with Crippen molar-refractivity contribution in [2.24, 2.45) is 10.7 Å². The highest BCUT2D eigenvalue weighted by molar-refractivity contribution is 5.98. The van der Waals surface area contributed by atoms with E-state index in [2.05, 4.69) is 4.99 Å². The SMILES string of the molecule is NC(=NC1CC1)c1ccc(-c2ccco2)cc1. The minimum atomic E-state index is 0.458. The van der Waals surface area contributed by atoms with E-state index in [1.165, 1.54) is 12.8 Å². The summed E-state index contributed by atoms with van der Waals surface area (Å²) in [6, 6.07) is 12.3. The predicted octanol–water partition coefficient (Wildman–Crippen LogP) is 2.81. The minimum absolute atomic E-state index is 0.458. The minimum Gasteiger partial charge on any atom is -0.464 e. The van der Waals surface area contributed by atoms with Crippen molar-refractivity contribution in [3.8, 4) is 11.3 Å². The van der Waals surface area contributed by atoms with Crippen molar-refractivity contribution in [1.29, 1.82) is 0 Å². The Labute approximate surface area is 100.0 Å². The normalized spacial score (nSPS) is 16.1. The number of hydrogen-bond acceptors (Lipinski definition) is 2. The number of rotatable bonds is 3. The Morgan fingerprint density at radius 3 is 2.53 bits per heavy atom. The first-order chi connectivity index (χ1) is 8.33. The first-order valence-corrected chi connectivity index (χ1v) is 5.80. The Morgan fingerprint density at radius 2 is 1.94 bits per heavy atom. The van der Waals surface area contributed by atoms with E-state index in [0.29, 0.717) is 11.9 Å². The average molecular weight is 226 g/mol. The average Bonchev–Trinajstić information content (AvgIpc) is 3.00. The Hall–Kier alpha value is -2.03. The van der Waals surface area contributed by atoms with Gasteiger partial charge in [-0.2, -0.15) is 0 Å². The lowest BCUT2D eigenvalue weighted by atomic mass is 10.1. The Balaban J connectivity index is 1.84. The third-order valence-corrected chi connectivity index (χ3v) is 2.85. The van der Waals surface area contributed by atoms with Crippen LogP contribution in [0.3, 0.4) is 0 Å². The molecule has 0 bridgehead atoms. The molecular formula is C14H14N2O. The van der Waals surface area contributed by atoms with Gasteiger partial charge >= 0.3 is 0 Å². The first kappa shape index (κ1) is 10.1. The molecule has 0 atom stereocenters. The van der Waals surface area contributed by atoms with E-state index in [9.17, 15) is 0 Å². The predicted molar refractivity (Wildman–Crippen MR) is 67.9 cm³/mol. The molecule has 17 heavy (non-hydrogen) atoms. The molecule has 1 aromatic heterocycles. The molecule has 0 saturated heterocycles. The number of aliphatic imine (C=N–C) groups is 1. The van der Waals surface area contributed by atoms with Crippen molar-refractivity contribution < 1.29 is 4.42 Å². The third-order valence-electron chi connectivity index (χ3n) is 2.85. The maximum absolute atomic E-state index is 5.93. The van der Waals surface area contributed by atoms with E-state index in [1.807, 2.05) is 36.4 Å². The second kappa shape index (κ2) is 4.09. The molecule has 1 aliphatic rings. The molecule has 0 spiro atoms. The summed E-state index contributed by atoms with van der Waals surface area (Å²) in [5, 5.41) is 0. The molecule has 3 rings (SSSR count). The zero-order chi connectivity index (χ0) is 11.7. The molecule has 3 heteroatoms. The van der Waals surface area contributed by atoms with Gasteiger partial charge in [0.15, 0.2) is 0 Å². The van der Waals surface area contributed by atoms with Crippen molar-refractivity contribution in [2.75, 3.05) is 0 Å². The largest absolute Gasteiger partial charge is 0.464 e. The second-order valence-electron chi connectivity index (χ2n) is 4.30. The summed E-state index contributed by atoms with van der Waals surface area (Å²) in [7, 11) is 0. The monoisotopic (exact) mass is 226 g/mol. The van der Waals surface area contributed by atoms with Gasteiger partial charge in [-0.25, -0.2) is 0 Å². The van der Waals surface area contributed by atoms with Crippen LogP contribution < -0.4 is 5.73 Å². The number of nitrogens with zero attached hydrogens (tertiary/aromatic N) is 1. The van der Waals surface area contributed by atoms with Crippen LogP contribution >= 0.6 is 0 Å². The lowest BCUT2D eigenvalue weighted by Gasteiger charge is -2.02. The van der Waals surface area contributed by atoms with Crippen LogP contribution in [-0.2, 0) is 0 Å². The van der Waals surface area contributed by atoms with Crippen LogP contribution in [0.5, 0.6) is 0 Å². The highest BCUT2D eigenvalue weighted by Gasteiger charge is 2.20. The number of nitrogens with two attached hydrogens (primary N) is 1. The van der Waals surface area contributed by atoms with Gasteiger partial charge < -0.3 is 10.2 Å². The fourth-order valence-corrected chi connectivity index (χ4v) is 1.72. The van der Waals surface area contributed by atoms with Crippen LogP contribution in [0.4, 0.5) is 0 Å². The van der Waals surface area contributed by atoms with Crippen LogP contribution in [0.15, 0.2) is 52.1 Å². The van der Waals surface area contributed by atoms with Gasteiger partial charge in [0.2, 0.25) is 0 Å². The van der Waals surface area contributed by atoms with Crippen molar-refractivity contribution in [2.45, 2.75) is 18.9 Å². The summed E-state index contributed by atoms with van der Waals surface area (Å²) in [4.78, 5) is 4.42. The second-order valence-corrected chi connectivity index (χ2v) is 4.30. The smallest absolute Gasteiger partial charge is 0.133 e. The highest BCUT2D eigenvalue weighted by Crippen LogP contribution is 2.24. The van der Waals surface area contributed by atoms with Crippen molar-refractivity contribution in [1.82, 2.24) is 0 Å². The molecule has 2 N–H and O–H groups in total. The van der Waals surface area contributed by atoms with Crippen LogP contribution in [0.2, 0.25) is 0 Å². The maximum Gasteiger partial charge on any atom is 0.133 e. The molecule has 1 aliphatic carbocycles. The van der Waals surface area contributed by atoms with Gasteiger partial charge in [-0.3, -0.25) is 4.99 Å². The van der Waals surface area contributed by atoms with Crippen LogP contribution in [0.25, 0.3) is 11.3 Å². The topological polar surface area (TPSA) is 51.5 Å². The molecule has 2 aromatic rings. The van der Waals surface area contributed by atoms with Crippen molar-refractivity contribution in [3.63, 3.8) is 0 Å². The molecule has 1 saturated carbocycles. The highest BCUT2D eigenvalue weighted by atomic mass is 16.3. The Morgan fingerprint density at radius 1 is 1.18 bits per heavy atom. The summed E-state index contributed by atoms with van der Waals surface area (Å²) in [6.45, 7) is 0. The molecule has 0 amide bonds. The lowest BCUT2D eigenvalue weighted by Crippen LogP contribution is -2.13. The van der Waals surface area contributed by atoms with Crippen LogP contribution in [0.1, 0.15) is 18.4 Å². The molecular weight excluding hydrogens is 212 g/mol. The van der Waals surface area contributed by atoms with E-state index in [-0.39, 0.29) is 0 Å². The summed E-state index contributed by atoms with van der Waals surface area (Å²) in [6.07, 6.45) is 4.02. The molecule has 1 fully saturated rings. The molecule has 86 valence electrons. The first-order valence-electron chi connectivity index (χ1n) is 5.80. The van der Waals surface area contributed by atoms with Crippen molar-refractivity contribution in [3.05, 3.63) is 48.2 Å². The van der Waals surface area contributed by atoms with Gasteiger partial charge in [0.05, 0.1) is 12.3 Å². The van der Waals surface area contributed by atoms with E-state index in [1.54, 1.807) is 6.26 Å². The number of hydrogen-bond donors (Lipinski definition) is 1. The molecule has 3 nitrogen and oxygen atoms in total. The van der Waals surface area contributed by atoms with E-state index in [0.717, 1.165) is 16.9 Å². The van der Waals surface area contributed by atoms with Gasteiger partial charge in [-0.15, -0.1) is 0 Å². The van der Waals surface area contributed by atoms with Crippen molar-refractivity contribution >= 4 is 5.84 Å². The lowest BCUT2D eigenvalue weighted by molar-refractivity contribution is 0.582. The zero-order valence-electron chi connectivity index (χ0n) is 9.47. The molecule has 0 radical (unpaired) electrons. The van der Waals surface area contributed by atoms with Crippen LogP contribution in [0, 0.1) is 0 Å². The molecule has 0 aliphatic heterocycles. The molecule has 0 unspecified atom stereocenters. The van der Waals surface area contributed by atoms with E-state index >= 15 is 0 Å². The maximum atomic E-state index is 5.93.